The van der Waals surface area contributed by atoms with Crippen molar-refractivity contribution in [3.8, 4) is 5.82 Å². The Balaban J connectivity index is 1.87. The van der Waals surface area contributed by atoms with Crippen molar-refractivity contribution in [3.05, 3.63) is 30.2 Å². The van der Waals surface area contributed by atoms with Gasteiger partial charge in [-0.15, -0.1) is 0 Å². The number of nitrogens with zero attached hydrogens (tertiary/aromatic N) is 4. The highest BCUT2D eigenvalue weighted by Gasteiger charge is 2.35. The van der Waals surface area contributed by atoms with Gasteiger partial charge in [-0.3, -0.25) is 10.00 Å². The molecule has 1 aliphatic rings. The third kappa shape index (κ3) is 2.88. The molecule has 0 saturated carbocycles. The number of rotatable bonds is 2. The third-order valence-corrected chi connectivity index (χ3v) is 4.40. The van der Waals surface area contributed by atoms with Crippen LogP contribution in [0.25, 0.3) is 5.82 Å². The lowest BCUT2D eigenvalue weighted by Gasteiger charge is -2.46. The second-order valence-corrected chi connectivity index (χ2v) is 7.18. The van der Waals surface area contributed by atoms with E-state index >= 15 is 0 Å². The molecule has 5 heteroatoms. The van der Waals surface area contributed by atoms with Crippen LogP contribution in [0.1, 0.15) is 52.1 Å². The van der Waals surface area contributed by atoms with Crippen molar-refractivity contribution in [1.82, 2.24) is 24.9 Å². The molecule has 0 unspecified atom stereocenters. The van der Waals surface area contributed by atoms with Crippen molar-refractivity contribution >= 4 is 0 Å². The summed E-state index contributed by atoms with van der Waals surface area (Å²) in [7, 11) is 0. The largest absolute Gasteiger partial charge is 0.291 e. The van der Waals surface area contributed by atoms with E-state index in [1.165, 1.54) is 18.4 Å². The second kappa shape index (κ2) is 5.30. The Morgan fingerprint density at radius 2 is 2.10 bits per heavy atom. The third-order valence-electron chi connectivity index (χ3n) is 4.40. The van der Waals surface area contributed by atoms with Crippen LogP contribution in [0.4, 0.5) is 0 Å². The molecular formula is C16H25N5. The molecule has 21 heavy (non-hydrogen) atoms. The summed E-state index contributed by atoms with van der Waals surface area (Å²) in [6, 6.07) is 2.39. The normalized spacial score (nSPS) is 24.4. The van der Waals surface area contributed by atoms with Gasteiger partial charge >= 0.3 is 0 Å². The molecule has 114 valence electrons. The van der Waals surface area contributed by atoms with Crippen LogP contribution < -0.4 is 0 Å². The van der Waals surface area contributed by atoms with Crippen LogP contribution >= 0.6 is 0 Å². The predicted molar refractivity (Wildman–Crippen MR) is 83.3 cm³/mol. The maximum atomic E-state index is 4.49. The minimum Gasteiger partial charge on any atom is -0.291 e. The zero-order valence-corrected chi connectivity index (χ0v) is 13.4. The summed E-state index contributed by atoms with van der Waals surface area (Å²) in [4.78, 5) is 2.62. The molecule has 3 heterocycles. The van der Waals surface area contributed by atoms with Crippen molar-refractivity contribution in [3.63, 3.8) is 0 Å². The van der Waals surface area contributed by atoms with Gasteiger partial charge in [-0.1, -0.05) is 6.92 Å². The molecular weight excluding hydrogens is 262 g/mol. The minimum absolute atomic E-state index is 0.176. The summed E-state index contributed by atoms with van der Waals surface area (Å²) in [5, 5.41) is 11.4. The zero-order valence-electron chi connectivity index (χ0n) is 13.4. The lowest BCUT2D eigenvalue weighted by atomic mass is 9.87. The lowest BCUT2D eigenvalue weighted by Crippen LogP contribution is -2.48. The van der Waals surface area contributed by atoms with E-state index in [1.54, 1.807) is 6.20 Å². The minimum atomic E-state index is 0.176. The highest BCUT2D eigenvalue weighted by Crippen LogP contribution is 2.37. The number of hydrogen-bond donors (Lipinski definition) is 1. The first kappa shape index (κ1) is 14.3. The first-order valence-electron chi connectivity index (χ1n) is 7.76. The van der Waals surface area contributed by atoms with E-state index in [0.29, 0.717) is 6.04 Å². The number of H-pyrrole nitrogens is 1. The molecule has 0 aliphatic carbocycles. The van der Waals surface area contributed by atoms with Crippen LogP contribution in [0.2, 0.25) is 0 Å². The molecule has 1 aliphatic heterocycles. The Kier molecular flexibility index (Phi) is 3.61. The Labute approximate surface area is 126 Å². The Bertz CT molecular complexity index is 578. The van der Waals surface area contributed by atoms with Gasteiger partial charge < -0.3 is 0 Å². The molecule has 0 bridgehead atoms. The molecule has 2 aromatic heterocycles. The van der Waals surface area contributed by atoms with Crippen LogP contribution in [0, 0.1) is 5.92 Å². The van der Waals surface area contributed by atoms with Gasteiger partial charge in [0.1, 0.15) is 5.82 Å². The van der Waals surface area contributed by atoms with Crippen LogP contribution in [-0.4, -0.2) is 37.0 Å². The Hall–Kier alpha value is -1.62. The van der Waals surface area contributed by atoms with E-state index in [9.17, 15) is 0 Å². The highest BCUT2D eigenvalue weighted by molar-refractivity contribution is 5.22. The predicted octanol–water partition coefficient (Wildman–Crippen LogP) is 3.17. The molecule has 0 spiro atoms. The van der Waals surface area contributed by atoms with E-state index in [1.807, 2.05) is 16.9 Å². The molecule has 1 fully saturated rings. The molecule has 0 amide bonds. The van der Waals surface area contributed by atoms with Crippen molar-refractivity contribution in [2.45, 2.75) is 52.1 Å². The standard InChI is InChI=1S/C16H25N5/c1-12-5-6-14(20(10-12)16(2,3)4)13-9-18-21(11-13)15-7-8-17-19-15/h7-9,11-12,14H,5-6,10H2,1-4H3,(H,17,19)/t12-,14+/m0/s1. The average Bonchev–Trinajstić information content (AvgIpc) is 3.08. The van der Waals surface area contributed by atoms with Gasteiger partial charge in [0.05, 0.1) is 12.4 Å². The maximum Gasteiger partial charge on any atom is 0.149 e. The topological polar surface area (TPSA) is 49.7 Å². The first-order chi connectivity index (χ1) is 9.95. The molecule has 0 radical (unpaired) electrons. The summed E-state index contributed by atoms with van der Waals surface area (Å²) < 4.78 is 1.88. The van der Waals surface area contributed by atoms with Gasteiger partial charge in [-0.2, -0.15) is 10.2 Å². The van der Waals surface area contributed by atoms with Crippen molar-refractivity contribution in [2.75, 3.05) is 6.54 Å². The fourth-order valence-electron chi connectivity index (χ4n) is 3.26. The molecule has 2 aromatic rings. The van der Waals surface area contributed by atoms with E-state index in [4.69, 9.17) is 0 Å². The number of likely N-dealkylation sites (tertiary alicyclic amines) is 1. The van der Waals surface area contributed by atoms with E-state index in [0.717, 1.165) is 18.3 Å². The Morgan fingerprint density at radius 1 is 1.29 bits per heavy atom. The summed E-state index contributed by atoms with van der Waals surface area (Å²) in [6.45, 7) is 10.4. The number of nitrogens with one attached hydrogen (secondary N) is 1. The first-order valence-corrected chi connectivity index (χ1v) is 7.76. The smallest absolute Gasteiger partial charge is 0.149 e. The quantitative estimate of drug-likeness (QED) is 0.923. The van der Waals surface area contributed by atoms with Crippen LogP contribution in [-0.2, 0) is 0 Å². The zero-order chi connectivity index (χ0) is 15.0. The molecule has 5 nitrogen and oxygen atoms in total. The summed E-state index contributed by atoms with van der Waals surface area (Å²) in [6.07, 6.45) is 8.37. The molecule has 1 saturated heterocycles. The van der Waals surface area contributed by atoms with Crippen molar-refractivity contribution < 1.29 is 0 Å². The van der Waals surface area contributed by atoms with Gasteiger partial charge in [0, 0.05) is 36.0 Å². The fourth-order valence-corrected chi connectivity index (χ4v) is 3.26. The monoisotopic (exact) mass is 287 g/mol. The maximum absolute atomic E-state index is 4.49. The van der Waals surface area contributed by atoms with Crippen LogP contribution in [0.15, 0.2) is 24.7 Å². The van der Waals surface area contributed by atoms with Gasteiger partial charge in [0.2, 0.25) is 0 Å². The van der Waals surface area contributed by atoms with E-state index in [2.05, 4.69) is 54.1 Å². The molecule has 0 aromatic carbocycles. The highest BCUT2D eigenvalue weighted by atomic mass is 15.3. The number of hydrogen-bond acceptors (Lipinski definition) is 3. The lowest BCUT2D eigenvalue weighted by molar-refractivity contribution is 0.0282. The van der Waals surface area contributed by atoms with Crippen molar-refractivity contribution in [2.24, 2.45) is 5.92 Å². The van der Waals surface area contributed by atoms with E-state index < -0.39 is 0 Å². The van der Waals surface area contributed by atoms with Gasteiger partial charge in [0.25, 0.3) is 0 Å². The van der Waals surface area contributed by atoms with E-state index in [-0.39, 0.29) is 5.54 Å². The molecule has 1 N–H and O–H groups in total. The van der Waals surface area contributed by atoms with Gasteiger partial charge in [-0.25, -0.2) is 4.68 Å². The van der Waals surface area contributed by atoms with Gasteiger partial charge in [-0.05, 0) is 39.5 Å². The number of aromatic nitrogens is 4. The number of aromatic amines is 1. The van der Waals surface area contributed by atoms with Crippen LogP contribution in [0.5, 0.6) is 0 Å². The van der Waals surface area contributed by atoms with Crippen molar-refractivity contribution in [1.29, 1.82) is 0 Å². The molecule has 2 atom stereocenters. The fraction of sp³-hybridized carbons (Fsp3) is 0.625. The summed E-state index contributed by atoms with van der Waals surface area (Å²) in [5.41, 5.74) is 1.47. The SMILES string of the molecule is C[C@H]1CC[C@H](c2cnn(-c3ccn[nH]3)c2)N(C(C)(C)C)C1. The number of piperidine rings is 1. The average molecular weight is 287 g/mol. The Morgan fingerprint density at radius 3 is 2.76 bits per heavy atom. The molecule has 3 rings (SSSR count). The van der Waals surface area contributed by atoms with Gasteiger partial charge in [0.15, 0.2) is 0 Å². The summed E-state index contributed by atoms with van der Waals surface area (Å²) >= 11 is 0. The summed E-state index contributed by atoms with van der Waals surface area (Å²) in [5.74, 6) is 1.68. The van der Waals surface area contributed by atoms with Crippen LogP contribution in [0.3, 0.4) is 0 Å². The second-order valence-electron chi connectivity index (χ2n) is 7.18.